The van der Waals surface area contributed by atoms with Crippen molar-refractivity contribution < 1.29 is 29.5 Å². The van der Waals surface area contributed by atoms with Gasteiger partial charge in [-0.2, -0.15) is 30.3 Å². The fourth-order valence-corrected chi connectivity index (χ4v) is 6.09. The molecule has 0 aliphatic rings. The molecule has 0 aliphatic carbocycles. The minimum absolute atomic E-state index is 0. The molecule has 0 radical (unpaired) electrons. The van der Waals surface area contributed by atoms with E-state index in [1.54, 1.807) is 24.3 Å². The van der Waals surface area contributed by atoms with Gasteiger partial charge in [0.25, 0.3) is 0 Å². The predicted molar refractivity (Wildman–Crippen MR) is 155 cm³/mol. The number of hydrogen-bond donors (Lipinski definition) is 0. The Kier molecular flexibility index (Phi) is 7.28. The van der Waals surface area contributed by atoms with Crippen molar-refractivity contribution in [2.24, 2.45) is 0 Å². The summed E-state index contributed by atoms with van der Waals surface area (Å²) in [6.07, 6.45) is 3.36. The molecule has 202 valence electrons. The van der Waals surface area contributed by atoms with E-state index in [2.05, 4.69) is 72.8 Å². The second kappa shape index (κ2) is 10.4. The van der Waals surface area contributed by atoms with Crippen LogP contribution in [0.4, 0.5) is 0 Å². The number of sulfone groups is 1. The number of aromatic nitrogens is 3. The van der Waals surface area contributed by atoms with Crippen LogP contribution in [-0.4, -0.2) is 23.0 Å². The first-order valence-electron chi connectivity index (χ1n) is 12.8. The van der Waals surface area contributed by atoms with Gasteiger partial charge in [0.2, 0.25) is 9.84 Å². The largest absolute Gasteiger partial charge is 2.00 e. The Morgan fingerprint density at radius 1 is 0.775 bits per heavy atom. The van der Waals surface area contributed by atoms with Crippen LogP contribution in [0.2, 0.25) is 0 Å². The van der Waals surface area contributed by atoms with Gasteiger partial charge in [-0.25, -0.2) is 29.5 Å². The van der Waals surface area contributed by atoms with Crippen LogP contribution in [0.3, 0.4) is 0 Å². The van der Waals surface area contributed by atoms with E-state index in [1.165, 1.54) is 11.8 Å². The minimum atomic E-state index is -3.82. The van der Waals surface area contributed by atoms with Crippen molar-refractivity contribution in [3.63, 3.8) is 0 Å². The number of nitrogens with zero attached hydrogens (tertiary/aromatic N) is 3. The molecule has 3 aromatic heterocycles. The second-order valence-corrected chi connectivity index (χ2v) is 12.6. The van der Waals surface area contributed by atoms with Gasteiger partial charge in [-0.1, -0.05) is 44.4 Å². The molecule has 0 unspecified atom stereocenters. The number of aryl methyl sites for hydroxylation is 1. The van der Waals surface area contributed by atoms with Crippen LogP contribution in [0.5, 0.6) is 0 Å². The zero-order valence-corrected chi connectivity index (χ0v) is 25.6. The molecule has 0 saturated carbocycles. The number of benzene rings is 3. The average Bonchev–Trinajstić information content (AvgIpc) is 3.26. The molecule has 0 aliphatic heterocycles. The third kappa shape index (κ3) is 4.91. The first-order chi connectivity index (χ1) is 18.6. The Hall–Kier alpha value is -3.60. The molecule has 40 heavy (non-hydrogen) atoms. The van der Waals surface area contributed by atoms with E-state index in [-0.39, 0.29) is 36.4 Å². The van der Waals surface area contributed by atoms with Crippen LogP contribution >= 0.6 is 0 Å². The molecule has 0 bridgehead atoms. The summed E-state index contributed by atoms with van der Waals surface area (Å²) < 4.78 is 28.8. The van der Waals surface area contributed by atoms with Crippen molar-refractivity contribution in [1.29, 1.82) is 0 Å². The maximum absolute atomic E-state index is 13.3. The topological polar surface area (TPSA) is 64.8 Å². The molecule has 0 spiro atoms. The van der Waals surface area contributed by atoms with Gasteiger partial charge < -0.3 is 4.57 Å². The monoisotopic (exact) mass is 724 g/mol. The predicted octanol–water partition coefficient (Wildman–Crippen LogP) is 7.28. The standard InChI is InChI=1S/C33H27N3O2S.Pt/c1-22-14-16-35-32(18-22)39(37,38)26-9-7-8-23(19-26)24-12-13-28-27-10-5-6-11-29(27)36(30(28)20-24)31-21-25(15-17-34-31)33(2,3)4;/h5-18,21H,1-4H3;/q-2;+2. The first-order valence-corrected chi connectivity index (χ1v) is 14.2. The third-order valence-corrected chi connectivity index (χ3v) is 8.53. The Bertz CT molecular complexity index is 1990. The maximum atomic E-state index is 13.3. The molecule has 0 fully saturated rings. The summed E-state index contributed by atoms with van der Waals surface area (Å²) in [5.74, 6) is 0.813. The van der Waals surface area contributed by atoms with Gasteiger partial charge in [0.05, 0.1) is 0 Å². The zero-order chi connectivity index (χ0) is 27.4. The molecule has 0 atom stereocenters. The molecule has 3 aromatic carbocycles. The van der Waals surface area contributed by atoms with E-state index in [1.807, 2.05) is 37.4 Å². The molecule has 7 heteroatoms. The van der Waals surface area contributed by atoms with Crippen molar-refractivity contribution in [2.75, 3.05) is 0 Å². The van der Waals surface area contributed by atoms with Crippen LogP contribution in [0.15, 0.2) is 101 Å². The second-order valence-electron chi connectivity index (χ2n) is 10.7. The van der Waals surface area contributed by atoms with E-state index in [0.717, 1.165) is 38.8 Å². The summed E-state index contributed by atoms with van der Waals surface area (Å²) in [7, 11) is -3.82. The average molecular weight is 725 g/mol. The smallest absolute Gasteiger partial charge is 0.314 e. The summed E-state index contributed by atoms with van der Waals surface area (Å²) in [5, 5.41) is 2.16. The van der Waals surface area contributed by atoms with Crippen LogP contribution in [0.1, 0.15) is 31.9 Å². The SMILES string of the molecule is Cc1ccnc(S(=O)(=O)c2[c-]c(-c3[c-]c4c(cc3)c3ccccc3n4-c3cc(C(C)(C)C)ccn3)ccc2)c1.[Pt+2]. The third-order valence-electron chi connectivity index (χ3n) is 6.94. The summed E-state index contributed by atoms with van der Waals surface area (Å²) in [6, 6.07) is 31.6. The molecule has 3 heterocycles. The molecule has 6 aromatic rings. The van der Waals surface area contributed by atoms with Gasteiger partial charge in [-0.15, -0.1) is 12.1 Å². The number of pyridine rings is 2. The number of para-hydroxylation sites is 1. The Balaban J connectivity index is 0.00000323. The summed E-state index contributed by atoms with van der Waals surface area (Å²) >= 11 is 0. The van der Waals surface area contributed by atoms with Crippen LogP contribution in [-0.2, 0) is 36.3 Å². The van der Waals surface area contributed by atoms with E-state index >= 15 is 0 Å². The zero-order valence-electron chi connectivity index (χ0n) is 22.5. The van der Waals surface area contributed by atoms with Gasteiger partial charge in [0.15, 0.2) is 5.03 Å². The van der Waals surface area contributed by atoms with Crippen LogP contribution in [0, 0.1) is 19.1 Å². The van der Waals surface area contributed by atoms with Gasteiger partial charge >= 0.3 is 21.1 Å². The minimum Gasteiger partial charge on any atom is -0.314 e. The Labute approximate surface area is 249 Å². The van der Waals surface area contributed by atoms with Gasteiger partial charge in [-0.05, 0) is 69.6 Å². The molecular weight excluding hydrogens is 698 g/mol. The van der Waals surface area contributed by atoms with Crippen molar-refractivity contribution in [1.82, 2.24) is 14.5 Å². The Morgan fingerprint density at radius 3 is 2.30 bits per heavy atom. The fraction of sp³-hybridized carbons (Fsp3) is 0.152. The van der Waals surface area contributed by atoms with Crippen molar-refractivity contribution in [3.8, 4) is 16.9 Å². The number of fused-ring (bicyclic) bond motifs is 3. The summed E-state index contributed by atoms with van der Waals surface area (Å²) in [6.45, 7) is 8.40. The van der Waals surface area contributed by atoms with E-state index in [9.17, 15) is 8.42 Å². The van der Waals surface area contributed by atoms with E-state index < -0.39 is 9.84 Å². The number of hydrogen-bond acceptors (Lipinski definition) is 4. The van der Waals surface area contributed by atoms with Gasteiger partial charge in [-0.3, -0.25) is 0 Å². The van der Waals surface area contributed by atoms with Gasteiger partial charge in [0, 0.05) is 17.9 Å². The molecule has 0 saturated heterocycles. The summed E-state index contributed by atoms with van der Waals surface area (Å²) in [4.78, 5) is 8.91. The maximum Gasteiger partial charge on any atom is 2.00 e. The van der Waals surface area contributed by atoms with Crippen molar-refractivity contribution >= 4 is 31.6 Å². The first kappa shape index (κ1) is 27.9. The van der Waals surface area contributed by atoms with Gasteiger partial charge in [0.1, 0.15) is 5.82 Å². The quantitative estimate of drug-likeness (QED) is 0.180. The molecule has 6 rings (SSSR count). The normalized spacial score (nSPS) is 12.0. The molecule has 0 amide bonds. The van der Waals surface area contributed by atoms with Crippen molar-refractivity contribution in [2.45, 2.75) is 43.0 Å². The summed E-state index contributed by atoms with van der Waals surface area (Å²) in [5.41, 5.74) is 5.27. The van der Waals surface area contributed by atoms with E-state index in [0.29, 0.717) is 5.56 Å². The fourth-order valence-electron chi connectivity index (χ4n) is 4.82. The van der Waals surface area contributed by atoms with Crippen molar-refractivity contribution in [3.05, 3.63) is 115 Å². The molecule has 0 N–H and O–H groups in total. The van der Waals surface area contributed by atoms with Crippen LogP contribution in [0.25, 0.3) is 38.8 Å². The molecule has 5 nitrogen and oxygen atoms in total. The molecular formula is C33H27N3O2PtS. The Morgan fingerprint density at radius 2 is 1.52 bits per heavy atom. The van der Waals surface area contributed by atoms with E-state index in [4.69, 9.17) is 4.98 Å². The van der Waals surface area contributed by atoms with Crippen LogP contribution < -0.4 is 0 Å². The number of rotatable bonds is 4.